The molecule has 0 aromatic heterocycles. The summed E-state index contributed by atoms with van der Waals surface area (Å²) < 4.78 is 39.5. The minimum Gasteiger partial charge on any atom is -0.337 e. The SMILES string of the molecule is O=C(/C=C/c1ccc(Cl)cc1)N1CCN(S(=O)(=O)c2ccc(F)cc2)CC1. The van der Waals surface area contributed by atoms with Gasteiger partial charge < -0.3 is 4.90 Å². The lowest BCUT2D eigenvalue weighted by Gasteiger charge is -2.33. The van der Waals surface area contributed by atoms with Crippen LogP contribution in [0.5, 0.6) is 0 Å². The van der Waals surface area contributed by atoms with Crippen molar-refractivity contribution in [1.29, 1.82) is 0 Å². The van der Waals surface area contributed by atoms with E-state index in [2.05, 4.69) is 0 Å². The summed E-state index contributed by atoms with van der Waals surface area (Å²) in [5.41, 5.74) is 0.852. The summed E-state index contributed by atoms with van der Waals surface area (Å²) in [6.07, 6.45) is 3.16. The van der Waals surface area contributed by atoms with Gasteiger partial charge in [0.15, 0.2) is 0 Å². The summed E-state index contributed by atoms with van der Waals surface area (Å²) in [5, 5.41) is 0.622. The fraction of sp³-hybridized carbons (Fsp3) is 0.211. The Morgan fingerprint density at radius 2 is 1.56 bits per heavy atom. The molecule has 1 saturated heterocycles. The van der Waals surface area contributed by atoms with E-state index in [0.717, 1.165) is 17.7 Å². The van der Waals surface area contributed by atoms with Gasteiger partial charge in [-0.3, -0.25) is 4.79 Å². The van der Waals surface area contributed by atoms with Crippen molar-refractivity contribution >= 4 is 33.6 Å². The van der Waals surface area contributed by atoms with E-state index in [1.165, 1.54) is 22.5 Å². The van der Waals surface area contributed by atoms with Crippen molar-refractivity contribution in [3.63, 3.8) is 0 Å². The molecule has 0 spiro atoms. The summed E-state index contributed by atoms with van der Waals surface area (Å²) in [6.45, 7) is 0.981. The van der Waals surface area contributed by atoms with Crippen LogP contribution in [0.2, 0.25) is 5.02 Å². The molecule has 27 heavy (non-hydrogen) atoms. The molecule has 0 unspecified atom stereocenters. The first-order valence-electron chi connectivity index (χ1n) is 8.34. The number of rotatable bonds is 4. The third-order valence-corrected chi connectivity index (χ3v) is 6.45. The maximum Gasteiger partial charge on any atom is 0.246 e. The Morgan fingerprint density at radius 3 is 2.15 bits per heavy atom. The van der Waals surface area contributed by atoms with Gasteiger partial charge >= 0.3 is 0 Å². The van der Waals surface area contributed by atoms with Crippen LogP contribution in [-0.4, -0.2) is 49.7 Å². The highest BCUT2D eigenvalue weighted by Gasteiger charge is 2.29. The number of hydrogen-bond donors (Lipinski definition) is 0. The van der Waals surface area contributed by atoms with Gasteiger partial charge in [0.2, 0.25) is 15.9 Å². The molecule has 0 atom stereocenters. The van der Waals surface area contributed by atoms with Crippen LogP contribution in [-0.2, 0) is 14.8 Å². The molecule has 1 aliphatic rings. The van der Waals surface area contributed by atoms with Crippen molar-refractivity contribution < 1.29 is 17.6 Å². The van der Waals surface area contributed by atoms with Gasteiger partial charge in [0.1, 0.15) is 5.82 Å². The Hall–Kier alpha value is -2.22. The molecule has 142 valence electrons. The second-order valence-electron chi connectivity index (χ2n) is 6.07. The molecule has 1 fully saturated rings. The molecule has 3 rings (SSSR count). The maximum atomic E-state index is 13.0. The number of nitrogens with zero attached hydrogens (tertiary/aromatic N) is 2. The van der Waals surface area contributed by atoms with Gasteiger partial charge in [-0.2, -0.15) is 4.31 Å². The molecule has 0 radical (unpaired) electrons. The molecule has 5 nitrogen and oxygen atoms in total. The quantitative estimate of drug-likeness (QED) is 0.731. The molecule has 0 N–H and O–H groups in total. The van der Waals surface area contributed by atoms with E-state index in [1.807, 2.05) is 0 Å². The van der Waals surface area contributed by atoms with Crippen LogP contribution in [0, 0.1) is 5.82 Å². The average molecular weight is 409 g/mol. The zero-order chi connectivity index (χ0) is 19.4. The second-order valence-corrected chi connectivity index (χ2v) is 8.44. The third kappa shape index (κ3) is 4.74. The van der Waals surface area contributed by atoms with E-state index in [-0.39, 0.29) is 23.9 Å². The predicted octanol–water partition coefficient (Wildman–Crippen LogP) is 3.03. The van der Waals surface area contributed by atoms with E-state index in [1.54, 1.807) is 35.2 Å². The van der Waals surface area contributed by atoms with Crippen molar-refractivity contribution in [2.24, 2.45) is 0 Å². The average Bonchev–Trinajstić information content (AvgIpc) is 2.68. The monoisotopic (exact) mass is 408 g/mol. The summed E-state index contributed by atoms with van der Waals surface area (Å²) in [5.74, 6) is -0.666. The number of hydrogen-bond acceptors (Lipinski definition) is 3. The molecule has 1 amide bonds. The summed E-state index contributed by atoms with van der Waals surface area (Å²) in [4.78, 5) is 14.0. The van der Waals surface area contributed by atoms with Crippen molar-refractivity contribution in [3.8, 4) is 0 Å². The zero-order valence-corrected chi connectivity index (χ0v) is 16.0. The lowest BCUT2D eigenvalue weighted by molar-refractivity contribution is -0.127. The molecular weight excluding hydrogens is 391 g/mol. The molecule has 1 heterocycles. The van der Waals surface area contributed by atoms with Gasteiger partial charge in [0.05, 0.1) is 4.90 Å². The fourth-order valence-corrected chi connectivity index (χ4v) is 4.30. The number of piperazine rings is 1. The first-order valence-corrected chi connectivity index (χ1v) is 10.2. The predicted molar refractivity (Wildman–Crippen MR) is 102 cm³/mol. The van der Waals surface area contributed by atoms with Crippen molar-refractivity contribution in [3.05, 3.63) is 71.0 Å². The Balaban J connectivity index is 1.60. The Kier molecular flexibility index (Phi) is 5.94. The van der Waals surface area contributed by atoms with E-state index in [0.29, 0.717) is 18.1 Å². The van der Waals surface area contributed by atoms with Crippen LogP contribution in [0.1, 0.15) is 5.56 Å². The molecular formula is C19H18ClFN2O3S. The Labute approximate surface area is 162 Å². The van der Waals surface area contributed by atoms with Crippen LogP contribution in [0.25, 0.3) is 6.08 Å². The van der Waals surface area contributed by atoms with E-state index >= 15 is 0 Å². The van der Waals surface area contributed by atoms with Crippen LogP contribution >= 0.6 is 11.6 Å². The number of benzene rings is 2. The van der Waals surface area contributed by atoms with Crippen molar-refractivity contribution in [2.45, 2.75) is 4.90 Å². The molecule has 0 bridgehead atoms. The van der Waals surface area contributed by atoms with Crippen molar-refractivity contribution in [2.75, 3.05) is 26.2 Å². The van der Waals surface area contributed by atoms with Gasteiger partial charge in [-0.25, -0.2) is 12.8 Å². The third-order valence-electron chi connectivity index (χ3n) is 4.29. The molecule has 0 saturated carbocycles. The molecule has 2 aromatic carbocycles. The number of carbonyl (C=O) groups excluding carboxylic acids is 1. The highest BCUT2D eigenvalue weighted by molar-refractivity contribution is 7.89. The van der Waals surface area contributed by atoms with E-state index < -0.39 is 15.8 Å². The van der Waals surface area contributed by atoms with Crippen LogP contribution in [0.4, 0.5) is 4.39 Å². The number of halogens is 2. The highest BCUT2D eigenvalue weighted by Crippen LogP contribution is 2.18. The van der Waals surface area contributed by atoms with Gasteiger partial charge in [0.25, 0.3) is 0 Å². The summed E-state index contributed by atoms with van der Waals surface area (Å²) in [6, 6.07) is 11.8. The lowest BCUT2D eigenvalue weighted by atomic mass is 10.2. The summed E-state index contributed by atoms with van der Waals surface area (Å²) in [7, 11) is -3.69. The van der Waals surface area contributed by atoms with Gasteiger partial charge in [-0.15, -0.1) is 0 Å². The van der Waals surface area contributed by atoms with E-state index in [9.17, 15) is 17.6 Å². The van der Waals surface area contributed by atoms with Crippen LogP contribution in [0.15, 0.2) is 59.5 Å². The van der Waals surface area contributed by atoms with Gasteiger partial charge in [-0.1, -0.05) is 23.7 Å². The normalized spacial score (nSPS) is 16.0. The zero-order valence-electron chi connectivity index (χ0n) is 14.4. The standard InChI is InChI=1S/C19H18ClFN2O3S/c20-16-4-1-15(2-5-16)3-10-19(24)22-11-13-23(14-12-22)27(25,26)18-8-6-17(21)7-9-18/h1-10H,11-14H2/b10-3+. The highest BCUT2D eigenvalue weighted by atomic mass is 35.5. The molecule has 8 heteroatoms. The van der Waals surface area contributed by atoms with Gasteiger partial charge in [0, 0.05) is 37.3 Å². The number of sulfonamides is 1. The minimum absolute atomic E-state index is 0.0475. The van der Waals surface area contributed by atoms with Crippen LogP contribution < -0.4 is 0 Å². The molecule has 2 aromatic rings. The largest absolute Gasteiger partial charge is 0.337 e. The fourth-order valence-electron chi connectivity index (χ4n) is 2.75. The number of amides is 1. The maximum absolute atomic E-state index is 13.0. The second kappa shape index (κ2) is 8.21. The van der Waals surface area contributed by atoms with Crippen molar-refractivity contribution in [1.82, 2.24) is 9.21 Å². The Bertz CT molecular complexity index is 936. The first-order chi connectivity index (χ1) is 12.9. The minimum atomic E-state index is -3.69. The van der Waals surface area contributed by atoms with Gasteiger partial charge in [-0.05, 0) is 48.0 Å². The first kappa shape index (κ1) is 19.5. The molecule has 0 aliphatic carbocycles. The van der Waals surface area contributed by atoms with E-state index in [4.69, 9.17) is 11.6 Å². The Morgan fingerprint density at radius 1 is 0.963 bits per heavy atom. The topological polar surface area (TPSA) is 57.7 Å². The smallest absolute Gasteiger partial charge is 0.246 e. The molecule has 1 aliphatic heterocycles. The van der Waals surface area contributed by atoms with Crippen LogP contribution in [0.3, 0.4) is 0 Å². The lowest BCUT2D eigenvalue weighted by Crippen LogP contribution is -2.50. The number of carbonyl (C=O) groups is 1. The summed E-state index contributed by atoms with van der Waals surface area (Å²) >= 11 is 5.83.